The van der Waals surface area contributed by atoms with E-state index < -0.39 is 0 Å². The molecule has 0 atom stereocenters. The standard InChI is InChI=1S/C42H84/c1-3-5-7-9-11-13-15-17-19-21-23-25-27-29-31-33-35-37-39-41-42-40-38-36-34-32-30-28-26-24-22-20-18-16-14-12-10-8-6-4-2/h17,19H,3-16,18,20-42H2,1-2H3/b19-17-. The Morgan fingerprint density at radius 3 is 0.500 bits per heavy atom. The number of hydrogen-bond acceptors (Lipinski definition) is 0. The molecule has 0 aliphatic heterocycles. The molecule has 0 aromatic heterocycles. The van der Waals surface area contributed by atoms with Crippen LogP contribution in [0.4, 0.5) is 0 Å². The molecule has 0 heterocycles. The van der Waals surface area contributed by atoms with Gasteiger partial charge in [-0.25, -0.2) is 0 Å². The Morgan fingerprint density at radius 2 is 0.333 bits per heavy atom. The molecule has 0 spiro atoms. The summed E-state index contributed by atoms with van der Waals surface area (Å²) in [6.07, 6.45) is 60.4. The highest BCUT2D eigenvalue weighted by Crippen LogP contribution is 2.17. The topological polar surface area (TPSA) is 0 Å². The summed E-state index contributed by atoms with van der Waals surface area (Å²) in [6.45, 7) is 4.61. The lowest BCUT2D eigenvalue weighted by atomic mass is 10.0. The first-order chi connectivity index (χ1) is 20.9. The average Bonchev–Trinajstić information content (AvgIpc) is 3.00. The largest absolute Gasteiger partial charge is 0.0885 e. The predicted molar refractivity (Wildman–Crippen MR) is 196 cm³/mol. The number of allylic oxidation sites excluding steroid dienone is 2. The van der Waals surface area contributed by atoms with E-state index in [4.69, 9.17) is 0 Å². The summed E-state index contributed by atoms with van der Waals surface area (Å²) < 4.78 is 0. The molecule has 0 radical (unpaired) electrons. The van der Waals surface area contributed by atoms with Crippen LogP contribution in [0.25, 0.3) is 0 Å². The van der Waals surface area contributed by atoms with Crippen LogP contribution in [0, 0.1) is 0 Å². The fraction of sp³-hybridized carbons (Fsp3) is 0.952. The van der Waals surface area contributed by atoms with E-state index in [9.17, 15) is 0 Å². The molecule has 0 unspecified atom stereocenters. The molecule has 0 aliphatic carbocycles. The van der Waals surface area contributed by atoms with Crippen molar-refractivity contribution in [1.82, 2.24) is 0 Å². The number of hydrogen-bond donors (Lipinski definition) is 0. The molecular formula is C42H84. The van der Waals surface area contributed by atoms with Crippen molar-refractivity contribution in [3.63, 3.8) is 0 Å². The zero-order chi connectivity index (χ0) is 30.3. The molecule has 0 amide bonds. The molecule has 0 heteroatoms. The van der Waals surface area contributed by atoms with Gasteiger partial charge in [-0.3, -0.25) is 0 Å². The normalized spacial score (nSPS) is 11.8. The van der Waals surface area contributed by atoms with Gasteiger partial charge in [0.2, 0.25) is 0 Å². The Morgan fingerprint density at radius 1 is 0.190 bits per heavy atom. The third kappa shape index (κ3) is 39.7. The summed E-state index contributed by atoms with van der Waals surface area (Å²) >= 11 is 0. The molecule has 0 saturated carbocycles. The van der Waals surface area contributed by atoms with Gasteiger partial charge in [0.05, 0.1) is 0 Å². The second-order valence-corrected chi connectivity index (χ2v) is 14.1. The van der Waals surface area contributed by atoms with Crippen molar-refractivity contribution >= 4 is 0 Å². The smallest absolute Gasteiger partial charge is 0.0351 e. The zero-order valence-corrected chi connectivity index (χ0v) is 30.0. The van der Waals surface area contributed by atoms with Gasteiger partial charge in [0.15, 0.2) is 0 Å². The van der Waals surface area contributed by atoms with Crippen LogP contribution in [0.5, 0.6) is 0 Å². The summed E-state index contributed by atoms with van der Waals surface area (Å²) in [7, 11) is 0. The summed E-state index contributed by atoms with van der Waals surface area (Å²) in [4.78, 5) is 0. The fourth-order valence-electron chi connectivity index (χ4n) is 6.56. The molecule has 0 saturated heterocycles. The van der Waals surface area contributed by atoms with Crippen LogP contribution in [0.3, 0.4) is 0 Å². The van der Waals surface area contributed by atoms with Gasteiger partial charge in [0.25, 0.3) is 0 Å². The maximum Gasteiger partial charge on any atom is -0.0351 e. The van der Waals surface area contributed by atoms with Gasteiger partial charge in [-0.15, -0.1) is 0 Å². The van der Waals surface area contributed by atoms with Gasteiger partial charge in [-0.1, -0.05) is 244 Å². The van der Waals surface area contributed by atoms with E-state index in [1.807, 2.05) is 0 Å². The molecule has 42 heavy (non-hydrogen) atoms. The molecular weight excluding hydrogens is 504 g/mol. The monoisotopic (exact) mass is 589 g/mol. The maximum atomic E-state index is 2.45. The maximum absolute atomic E-state index is 2.45. The first-order valence-electron chi connectivity index (χ1n) is 20.6. The molecule has 0 aromatic rings. The molecule has 252 valence electrons. The Labute approximate surface area is 269 Å². The SMILES string of the molecule is CCCCCCCC/C=C\CCCCCCCCCCCCCCCCCCCCCCCCCCCCCCCC. The molecule has 0 aromatic carbocycles. The van der Waals surface area contributed by atoms with Gasteiger partial charge in [0, 0.05) is 0 Å². The van der Waals surface area contributed by atoms with Gasteiger partial charge in [-0.2, -0.15) is 0 Å². The van der Waals surface area contributed by atoms with E-state index in [2.05, 4.69) is 26.0 Å². The Kier molecular flexibility index (Phi) is 40.5. The second kappa shape index (κ2) is 40.7. The molecule has 0 bridgehead atoms. The number of rotatable bonds is 38. The molecule has 0 rings (SSSR count). The van der Waals surface area contributed by atoms with E-state index in [-0.39, 0.29) is 0 Å². The van der Waals surface area contributed by atoms with Crippen molar-refractivity contribution in [1.29, 1.82) is 0 Å². The minimum atomic E-state index is 1.31. The van der Waals surface area contributed by atoms with Crippen LogP contribution in [-0.4, -0.2) is 0 Å². The summed E-state index contributed by atoms with van der Waals surface area (Å²) in [5.74, 6) is 0. The van der Waals surface area contributed by atoms with Crippen molar-refractivity contribution < 1.29 is 0 Å². The predicted octanol–water partition coefficient (Wildman–Crippen LogP) is 16.4. The van der Waals surface area contributed by atoms with Crippen molar-refractivity contribution in [3.8, 4) is 0 Å². The molecule has 0 aliphatic rings. The molecule has 0 nitrogen and oxygen atoms in total. The van der Waals surface area contributed by atoms with Gasteiger partial charge < -0.3 is 0 Å². The first-order valence-corrected chi connectivity index (χ1v) is 20.6. The van der Waals surface area contributed by atoms with Crippen molar-refractivity contribution in [2.75, 3.05) is 0 Å². The van der Waals surface area contributed by atoms with Gasteiger partial charge in [0.1, 0.15) is 0 Å². The molecule has 0 fully saturated rings. The third-order valence-electron chi connectivity index (χ3n) is 9.62. The minimum absolute atomic E-state index is 1.31. The lowest BCUT2D eigenvalue weighted by molar-refractivity contribution is 0.513. The van der Waals surface area contributed by atoms with Crippen molar-refractivity contribution in [3.05, 3.63) is 12.2 Å². The second-order valence-electron chi connectivity index (χ2n) is 14.1. The van der Waals surface area contributed by atoms with E-state index in [0.29, 0.717) is 0 Å². The summed E-state index contributed by atoms with van der Waals surface area (Å²) in [5, 5.41) is 0. The van der Waals surface area contributed by atoms with Crippen molar-refractivity contribution in [2.24, 2.45) is 0 Å². The van der Waals surface area contributed by atoms with E-state index >= 15 is 0 Å². The van der Waals surface area contributed by atoms with Crippen LogP contribution in [0.1, 0.15) is 258 Å². The Bertz CT molecular complexity index is 463. The highest BCUT2D eigenvalue weighted by Gasteiger charge is 1.97. The quantitative estimate of drug-likeness (QED) is 0.0497. The number of unbranched alkanes of at least 4 members (excludes halogenated alkanes) is 36. The van der Waals surface area contributed by atoms with Crippen LogP contribution >= 0.6 is 0 Å². The van der Waals surface area contributed by atoms with Crippen LogP contribution in [0.15, 0.2) is 12.2 Å². The van der Waals surface area contributed by atoms with Crippen LogP contribution < -0.4 is 0 Å². The highest BCUT2D eigenvalue weighted by molar-refractivity contribution is 4.81. The van der Waals surface area contributed by atoms with Gasteiger partial charge >= 0.3 is 0 Å². The average molecular weight is 589 g/mol. The van der Waals surface area contributed by atoms with E-state index in [1.54, 1.807) is 0 Å². The minimum Gasteiger partial charge on any atom is -0.0885 e. The summed E-state index contributed by atoms with van der Waals surface area (Å²) in [5.41, 5.74) is 0. The lowest BCUT2D eigenvalue weighted by Gasteiger charge is -2.04. The first kappa shape index (κ1) is 41.7. The highest BCUT2D eigenvalue weighted by atomic mass is 14.0. The van der Waals surface area contributed by atoms with E-state index in [1.165, 1.54) is 244 Å². The zero-order valence-electron chi connectivity index (χ0n) is 30.0. The van der Waals surface area contributed by atoms with Crippen molar-refractivity contribution in [2.45, 2.75) is 258 Å². The third-order valence-corrected chi connectivity index (χ3v) is 9.62. The van der Waals surface area contributed by atoms with Gasteiger partial charge in [-0.05, 0) is 25.7 Å². The van der Waals surface area contributed by atoms with E-state index in [0.717, 1.165) is 0 Å². The fourth-order valence-corrected chi connectivity index (χ4v) is 6.56. The van der Waals surface area contributed by atoms with Crippen LogP contribution in [-0.2, 0) is 0 Å². The summed E-state index contributed by atoms with van der Waals surface area (Å²) in [6, 6.07) is 0. The Balaban J connectivity index is 3.05. The molecule has 0 N–H and O–H groups in total. The lowest BCUT2D eigenvalue weighted by Crippen LogP contribution is -1.85. The van der Waals surface area contributed by atoms with Crippen LogP contribution in [0.2, 0.25) is 0 Å². The Hall–Kier alpha value is -0.260.